The summed E-state index contributed by atoms with van der Waals surface area (Å²) in [5.41, 5.74) is 4.15. The summed E-state index contributed by atoms with van der Waals surface area (Å²) in [4.78, 5) is 14.7. The number of aliphatic hydroxyl groups is 1. The molecule has 162 valence electrons. The molecule has 3 atom stereocenters. The number of rotatable bonds is 9. The highest BCUT2D eigenvalue weighted by atomic mass is 16.5. The van der Waals surface area contributed by atoms with Gasteiger partial charge in [-0.15, -0.1) is 0 Å². The quantitative estimate of drug-likeness (QED) is 0.479. The molecule has 0 spiro atoms. The Kier molecular flexibility index (Phi) is 7.99. The molecule has 1 aliphatic rings. The number of nitrogens with zero attached hydrogens (tertiary/aromatic N) is 1. The van der Waals surface area contributed by atoms with Gasteiger partial charge in [-0.1, -0.05) is 86.0 Å². The monoisotopic (exact) mass is 417 g/mol. The molecule has 0 heterocycles. The number of hydrogen-bond donors (Lipinski definition) is 1. The van der Waals surface area contributed by atoms with Crippen LogP contribution in [0, 0.1) is 5.92 Å². The summed E-state index contributed by atoms with van der Waals surface area (Å²) in [7, 11) is 0. The lowest BCUT2D eigenvalue weighted by molar-refractivity contribution is -0.152. The van der Waals surface area contributed by atoms with E-state index in [0.29, 0.717) is 26.1 Å². The fraction of sp³-hybridized carbons (Fsp3) is 0.296. The molecular weight excluding hydrogens is 386 g/mol. The zero-order valence-electron chi connectivity index (χ0n) is 18.1. The van der Waals surface area contributed by atoms with E-state index in [2.05, 4.69) is 42.3 Å². The van der Waals surface area contributed by atoms with E-state index in [9.17, 15) is 9.90 Å². The van der Waals surface area contributed by atoms with Gasteiger partial charge in [0.05, 0.1) is 18.6 Å². The van der Waals surface area contributed by atoms with Crippen molar-refractivity contribution in [1.82, 2.24) is 4.90 Å². The first-order valence-corrected chi connectivity index (χ1v) is 10.7. The van der Waals surface area contributed by atoms with E-state index in [1.165, 1.54) is 0 Å². The van der Waals surface area contributed by atoms with Gasteiger partial charge in [0.2, 0.25) is 0 Å². The summed E-state index contributed by atoms with van der Waals surface area (Å²) in [5.74, 6) is -0.930. The number of hydrogen-bond acceptors (Lipinski definition) is 4. The van der Waals surface area contributed by atoms with Gasteiger partial charge in [-0.3, -0.25) is 9.69 Å². The molecule has 0 bridgehead atoms. The molecule has 4 nitrogen and oxygen atoms in total. The van der Waals surface area contributed by atoms with E-state index in [-0.39, 0.29) is 12.0 Å². The summed E-state index contributed by atoms with van der Waals surface area (Å²) in [6, 6.07) is 20.1. The second-order valence-corrected chi connectivity index (χ2v) is 7.88. The molecule has 1 N–H and O–H groups in total. The van der Waals surface area contributed by atoms with Crippen molar-refractivity contribution in [2.24, 2.45) is 5.92 Å². The first-order valence-electron chi connectivity index (χ1n) is 10.7. The largest absolute Gasteiger partial charge is 0.466 e. The Hall–Kier alpha value is -2.95. The third-order valence-electron chi connectivity index (χ3n) is 5.65. The standard InChI is InChI=1S/C27H31NO3/c1-4-31-27(30)25-17-24(15-16-26(25)29)28(18-20(2)22-11-7-5-8-12-22)19-21(3)23-13-9-6-10-14-23/h5-16,24-26,29H,2-4,17-19H2,1H3/t24-,25?,26?/m1/s1. The summed E-state index contributed by atoms with van der Waals surface area (Å²) in [6.07, 6.45) is 3.35. The van der Waals surface area contributed by atoms with Crippen LogP contribution in [0.4, 0.5) is 0 Å². The van der Waals surface area contributed by atoms with Gasteiger partial charge < -0.3 is 9.84 Å². The van der Waals surface area contributed by atoms with Crippen LogP contribution in [0.15, 0.2) is 86.0 Å². The number of aliphatic hydroxyl groups excluding tert-OH is 1. The molecule has 0 saturated heterocycles. The highest BCUT2D eigenvalue weighted by Gasteiger charge is 2.34. The van der Waals surface area contributed by atoms with Crippen molar-refractivity contribution in [2.75, 3.05) is 19.7 Å². The van der Waals surface area contributed by atoms with Crippen molar-refractivity contribution in [3.05, 3.63) is 97.1 Å². The number of carbonyl (C=O) groups excluding carboxylic acids is 1. The molecule has 0 aromatic heterocycles. The molecule has 2 unspecified atom stereocenters. The van der Waals surface area contributed by atoms with Crippen molar-refractivity contribution < 1.29 is 14.6 Å². The molecule has 0 saturated carbocycles. The third kappa shape index (κ3) is 6.03. The fourth-order valence-corrected chi connectivity index (χ4v) is 3.92. The van der Waals surface area contributed by atoms with Crippen LogP contribution < -0.4 is 0 Å². The van der Waals surface area contributed by atoms with Crippen LogP contribution in [-0.2, 0) is 9.53 Å². The summed E-state index contributed by atoms with van der Waals surface area (Å²) < 4.78 is 5.19. The summed E-state index contributed by atoms with van der Waals surface area (Å²) in [5, 5.41) is 10.3. The Balaban J connectivity index is 1.82. The van der Waals surface area contributed by atoms with E-state index >= 15 is 0 Å². The number of benzene rings is 2. The van der Waals surface area contributed by atoms with E-state index in [1.54, 1.807) is 13.0 Å². The van der Waals surface area contributed by atoms with Crippen LogP contribution in [0.25, 0.3) is 11.1 Å². The lowest BCUT2D eigenvalue weighted by Gasteiger charge is -2.36. The molecule has 3 rings (SSSR count). The number of ether oxygens (including phenoxy) is 1. The predicted octanol–water partition coefficient (Wildman–Crippen LogP) is 4.58. The number of carbonyl (C=O) groups is 1. The topological polar surface area (TPSA) is 49.8 Å². The minimum absolute atomic E-state index is 0.0428. The van der Waals surface area contributed by atoms with Gasteiger partial charge in [0.25, 0.3) is 0 Å². The van der Waals surface area contributed by atoms with Gasteiger partial charge in [-0.2, -0.15) is 0 Å². The van der Waals surface area contributed by atoms with E-state index in [4.69, 9.17) is 4.74 Å². The molecule has 0 aliphatic heterocycles. The molecule has 2 aromatic carbocycles. The Labute approximate surface area is 185 Å². The van der Waals surface area contributed by atoms with Gasteiger partial charge in [0.15, 0.2) is 0 Å². The van der Waals surface area contributed by atoms with Crippen LogP contribution in [-0.4, -0.2) is 47.8 Å². The van der Waals surface area contributed by atoms with Crippen LogP contribution in [0.2, 0.25) is 0 Å². The highest BCUT2D eigenvalue weighted by Crippen LogP contribution is 2.28. The zero-order chi connectivity index (χ0) is 22.2. The Morgan fingerprint density at radius 1 is 0.968 bits per heavy atom. The van der Waals surface area contributed by atoms with Gasteiger partial charge in [0.1, 0.15) is 0 Å². The Morgan fingerprint density at radius 2 is 1.48 bits per heavy atom. The SMILES string of the molecule is C=C(CN(CC(=C)c1ccccc1)[C@@H]1C=CC(O)C(C(=O)OCC)C1)c1ccccc1. The average molecular weight is 418 g/mol. The minimum atomic E-state index is -0.827. The van der Waals surface area contributed by atoms with Crippen molar-refractivity contribution in [2.45, 2.75) is 25.5 Å². The minimum Gasteiger partial charge on any atom is -0.466 e. The molecule has 31 heavy (non-hydrogen) atoms. The third-order valence-corrected chi connectivity index (χ3v) is 5.65. The molecular formula is C27H31NO3. The van der Waals surface area contributed by atoms with E-state index in [1.807, 2.05) is 42.5 Å². The predicted molar refractivity (Wildman–Crippen MR) is 126 cm³/mol. The van der Waals surface area contributed by atoms with Crippen molar-refractivity contribution >= 4 is 17.1 Å². The molecule has 0 radical (unpaired) electrons. The van der Waals surface area contributed by atoms with Crippen LogP contribution >= 0.6 is 0 Å². The van der Waals surface area contributed by atoms with Crippen LogP contribution in [0.5, 0.6) is 0 Å². The maximum Gasteiger partial charge on any atom is 0.311 e. The molecule has 2 aromatic rings. The molecule has 0 fully saturated rings. The average Bonchev–Trinajstić information content (AvgIpc) is 2.80. The highest BCUT2D eigenvalue weighted by molar-refractivity contribution is 5.74. The van der Waals surface area contributed by atoms with Gasteiger partial charge in [0, 0.05) is 19.1 Å². The van der Waals surface area contributed by atoms with E-state index < -0.39 is 12.0 Å². The van der Waals surface area contributed by atoms with E-state index in [0.717, 1.165) is 22.3 Å². The smallest absolute Gasteiger partial charge is 0.311 e. The molecule has 1 aliphatic carbocycles. The zero-order valence-corrected chi connectivity index (χ0v) is 18.1. The second kappa shape index (κ2) is 10.9. The fourth-order valence-electron chi connectivity index (χ4n) is 3.92. The Bertz CT molecular complexity index is 867. The normalized spacial score (nSPS) is 20.4. The lowest BCUT2D eigenvalue weighted by atomic mass is 9.87. The Morgan fingerprint density at radius 3 is 1.97 bits per heavy atom. The van der Waals surface area contributed by atoms with Crippen molar-refractivity contribution in [3.63, 3.8) is 0 Å². The van der Waals surface area contributed by atoms with Gasteiger partial charge in [-0.25, -0.2) is 0 Å². The first-order chi connectivity index (χ1) is 15.0. The molecule has 0 amide bonds. The molecule has 4 heteroatoms. The van der Waals surface area contributed by atoms with Gasteiger partial charge in [-0.05, 0) is 35.6 Å². The summed E-state index contributed by atoms with van der Waals surface area (Å²) in [6.45, 7) is 11.9. The van der Waals surface area contributed by atoms with Crippen molar-refractivity contribution in [1.29, 1.82) is 0 Å². The lowest BCUT2D eigenvalue weighted by Crippen LogP contribution is -2.43. The number of esters is 1. The maximum absolute atomic E-state index is 12.4. The first kappa shape index (κ1) is 22.7. The maximum atomic E-state index is 12.4. The van der Waals surface area contributed by atoms with Crippen molar-refractivity contribution in [3.8, 4) is 0 Å². The second-order valence-electron chi connectivity index (χ2n) is 7.88. The van der Waals surface area contributed by atoms with Crippen LogP contribution in [0.3, 0.4) is 0 Å². The van der Waals surface area contributed by atoms with Crippen LogP contribution in [0.1, 0.15) is 24.5 Å². The van der Waals surface area contributed by atoms with Gasteiger partial charge >= 0.3 is 5.97 Å². The summed E-state index contributed by atoms with van der Waals surface area (Å²) >= 11 is 0.